The van der Waals surface area contributed by atoms with Gasteiger partial charge >= 0.3 is 0 Å². The van der Waals surface area contributed by atoms with Gasteiger partial charge in [-0.2, -0.15) is 9.40 Å². The maximum absolute atomic E-state index is 13.1. The normalized spacial score (nSPS) is 15.0. The van der Waals surface area contributed by atoms with Gasteiger partial charge in [0.2, 0.25) is 10.0 Å². The topological polar surface area (TPSA) is 130 Å². The number of halogens is 1. The Morgan fingerprint density at radius 1 is 1.06 bits per heavy atom. The summed E-state index contributed by atoms with van der Waals surface area (Å²) in [6, 6.07) is 12.2. The van der Waals surface area contributed by atoms with Gasteiger partial charge in [0.1, 0.15) is 0 Å². The second-order valence-corrected chi connectivity index (χ2v) is 9.43. The first-order chi connectivity index (χ1) is 15.3. The minimum absolute atomic E-state index is 0.0221. The van der Waals surface area contributed by atoms with E-state index < -0.39 is 20.6 Å². The monoisotopic (exact) mass is 475 g/mol. The number of H-pyrrole nitrogens is 1. The predicted molar refractivity (Wildman–Crippen MR) is 117 cm³/mol. The molecule has 1 saturated heterocycles. The first kappa shape index (κ1) is 21.9. The Kier molecular flexibility index (Phi) is 5.96. The number of rotatable bonds is 5. The zero-order chi connectivity index (χ0) is 22.9. The summed E-state index contributed by atoms with van der Waals surface area (Å²) in [4.78, 5) is 24.8. The molecule has 0 unspecified atom stereocenters. The Hall–Kier alpha value is -3.28. The fraction of sp³-hybridized carbons (Fsp3) is 0.200. The Bertz CT molecular complexity index is 1270. The molecule has 1 aliphatic rings. The van der Waals surface area contributed by atoms with E-state index in [0.29, 0.717) is 16.3 Å². The van der Waals surface area contributed by atoms with Crippen LogP contribution in [0.2, 0.25) is 5.02 Å². The van der Waals surface area contributed by atoms with Gasteiger partial charge in [-0.15, -0.1) is 0 Å². The molecule has 1 aliphatic heterocycles. The molecule has 2 aromatic carbocycles. The third kappa shape index (κ3) is 4.09. The molecule has 166 valence electrons. The second-order valence-electron chi connectivity index (χ2n) is 7.09. The minimum Gasteiger partial charge on any atom is -0.336 e. The highest BCUT2D eigenvalue weighted by atomic mass is 35.5. The van der Waals surface area contributed by atoms with Crippen molar-refractivity contribution in [2.24, 2.45) is 0 Å². The number of aromatic nitrogens is 2. The number of nitro groups is 1. The zero-order valence-electron chi connectivity index (χ0n) is 16.6. The molecule has 4 rings (SSSR count). The standard InChI is InChI=1S/C20H18ClN5O5S/c21-15-7-5-14(6-8-15)19-16(13-22-23-19)20(27)24-9-11-25(12-10-24)32(30,31)18-4-2-1-3-17(18)26(28)29/h1-8,13H,9-12H2,(H,22,23). The van der Waals surface area contributed by atoms with E-state index in [9.17, 15) is 23.3 Å². The zero-order valence-corrected chi connectivity index (χ0v) is 18.2. The van der Waals surface area contributed by atoms with E-state index in [2.05, 4.69) is 10.2 Å². The smallest absolute Gasteiger partial charge is 0.289 e. The fourth-order valence-electron chi connectivity index (χ4n) is 3.55. The number of nitrogens with one attached hydrogen (secondary N) is 1. The van der Waals surface area contributed by atoms with Crippen LogP contribution in [0.25, 0.3) is 11.3 Å². The van der Waals surface area contributed by atoms with Crippen molar-refractivity contribution in [3.8, 4) is 11.3 Å². The van der Waals surface area contributed by atoms with Crippen molar-refractivity contribution >= 4 is 33.2 Å². The number of aromatic amines is 1. The van der Waals surface area contributed by atoms with E-state index in [0.717, 1.165) is 15.9 Å². The molecular formula is C20H18ClN5O5S. The molecule has 32 heavy (non-hydrogen) atoms. The minimum atomic E-state index is -4.07. The SMILES string of the molecule is O=C(c1cn[nH]c1-c1ccc(Cl)cc1)N1CCN(S(=O)(=O)c2ccccc2[N+](=O)[O-])CC1. The number of nitrogens with zero attached hydrogens (tertiary/aromatic N) is 4. The lowest BCUT2D eigenvalue weighted by atomic mass is 10.1. The summed E-state index contributed by atoms with van der Waals surface area (Å²) in [5, 5.41) is 18.6. The molecule has 10 nitrogen and oxygen atoms in total. The molecule has 0 aliphatic carbocycles. The number of amides is 1. The lowest BCUT2D eigenvalue weighted by molar-refractivity contribution is -0.387. The molecule has 3 aromatic rings. The lowest BCUT2D eigenvalue weighted by Gasteiger charge is -2.33. The summed E-state index contributed by atoms with van der Waals surface area (Å²) in [5.41, 5.74) is 1.17. The molecule has 2 heterocycles. The van der Waals surface area contributed by atoms with Crippen molar-refractivity contribution in [3.05, 3.63) is 75.4 Å². The number of piperazine rings is 1. The van der Waals surface area contributed by atoms with Crippen LogP contribution in [-0.4, -0.2) is 64.8 Å². The molecule has 1 fully saturated rings. The number of carbonyl (C=O) groups is 1. The van der Waals surface area contributed by atoms with Crippen LogP contribution in [0, 0.1) is 10.1 Å². The van der Waals surface area contributed by atoms with E-state index in [1.54, 1.807) is 24.3 Å². The first-order valence-corrected chi connectivity index (χ1v) is 11.4. The summed E-state index contributed by atoms with van der Waals surface area (Å²) in [7, 11) is -4.07. The third-order valence-electron chi connectivity index (χ3n) is 5.21. The van der Waals surface area contributed by atoms with Gasteiger partial charge in [-0.05, 0) is 18.2 Å². The Labute approximate surface area is 188 Å². The number of hydrogen-bond acceptors (Lipinski definition) is 6. The fourth-order valence-corrected chi connectivity index (χ4v) is 5.26. The van der Waals surface area contributed by atoms with Crippen molar-refractivity contribution in [1.82, 2.24) is 19.4 Å². The number of hydrogen-bond donors (Lipinski definition) is 1. The van der Waals surface area contributed by atoms with Crippen LogP contribution >= 0.6 is 11.6 Å². The van der Waals surface area contributed by atoms with Crippen LogP contribution < -0.4 is 0 Å². The van der Waals surface area contributed by atoms with Crippen LogP contribution in [-0.2, 0) is 10.0 Å². The molecule has 0 bridgehead atoms. The van der Waals surface area contributed by atoms with Gasteiger partial charge in [0.05, 0.1) is 22.4 Å². The van der Waals surface area contributed by atoms with Crippen molar-refractivity contribution in [1.29, 1.82) is 0 Å². The molecular weight excluding hydrogens is 458 g/mol. The van der Waals surface area contributed by atoms with Crippen LogP contribution in [0.15, 0.2) is 59.6 Å². The summed E-state index contributed by atoms with van der Waals surface area (Å²) in [6.45, 7) is 0.330. The molecule has 1 N–H and O–H groups in total. The highest BCUT2D eigenvalue weighted by Crippen LogP contribution is 2.28. The molecule has 1 amide bonds. The predicted octanol–water partition coefficient (Wildman–Crippen LogP) is 2.79. The van der Waals surface area contributed by atoms with Gasteiger partial charge in [-0.25, -0.2) is 8.42 Å². The largest absolute Gasteiger partial charge is 0.336 e. The van der Waals surface area contributed by atoms with E-state index >= 15 is 0 Å². The van der Waals surface area contributed by atoms with Crippen molar-refractivity contribution < 1.29 is 18.1 Å². The van der Waals surface area contributed by atoms with Crippen molar-refractivity contribution in [2.45, 2.75) is 4.90 Å². The highest BCUT2D eigenvalue weighted by Gasteiger charge is 2.35. The van der Waals surface area contributed by atoms with Crippen LogP contribution in [0.4, 0.5) is 5.69 Å². The number of nitro benzene ring substituents is 1. The molecule has 12 heteroatoms. The number of sulfonamides is 1. The van der Waals surface area contributed by atoms with Gasteiger partial charge in [0.25, 0.3) is 11.6 Å². The maximum atomic E-state index is 13.1. The summed E-state index contributed by atoms with van der Waals surface area (Å²) >= 11 is 5.93. The lowest BCUT2D eigenvalue weighted by Crippen LogP contribution is -2.50. The first-order valence-electron chi connectivity index (χ1n) is 9.61. The average molecular weight is 476 g/mol. The molecule has 0 spiro atoms. The Morgan fingerprint density at radius 2 is 1.72 bits per heavy atom. The quantitative estimate of drug-likeness (QED) is 0.446. The summed E-state index contributed by atoms with van der Waals surface area (Å²) in [6.07, 6.45) is 1.43. The van der Waals surface area contributed by atoms with Crippen molar-refractivity contribution in [3.63, 3.8) is 0 Å². The van der Waals surface area contributed by atoms with Gasteiger partial charge in [-0.3, -0.25) is 20.0 Å². The van der Waals surface area contributed by atoms with E-state index in [-0.39, 0.29) is 37.0 Å². The van der Waals surface area contributed by atoms with Crippen molar-refractivity contribution in [2.75, 3.05) is 26.2 Å². The summed E-state index contributed by atoms with van der Waals surface area (Å²) < 4.78 is 27.1. The van der Waals surface area contributed by atoms with Gasteiger partial charge in [0, 0.05) is 42.8 Å². The average Bonchev–Trinajstić information content (AvgIpc) is 3.29. The number of para-hydroxylation sites is 1. The maximum Gasteiger partial charge on any atom is 0.289 e. The third-order valence-corrected chi connectivity index (χ3v) is 7.41. The van der Waals surface area contributed by atoms with E-state index in [1.807, 2.05) is 0 Å². The number of carbonyl (C=O) groups excluding carboxylic acids is 1. The van der Waals surface area contributed by atoms with Crippen LogP contribution in [0.3, 0.4) is 0 Å². The van der Waals surface area contributed by atoms with Crippen LogP contribution in [0.1, 0.15) is 10.4 Å². The molecule has 0 radical (unpaired) electrons. The van der Waals surface area contributed by atoms with Crippen LogP contribution in [0.5, 0.6) is 0 Å². The van der Waals surface area contributed by atoms with E-state index in [1.165, 1.54) is 29.3 Å². The molecule has 1 aromatic heterocycles. The van der Waals surface area contributed by atoms with Gasteiger partial charge in [-0.1, -0.05) is 35.9 Å². The Balaban J connectivity index is 1.50. The Morgan fingerprint density at radius 3 is 2.38 bits per heavy atom. The number of benzene rings is 2. The molecule has 0 saturated carbocycles. The van der Waals surface area contributed by atoms with Gasteiger partial charge in [0.15, 0.2) is 4.90 Å². The van der Waals surface area contributed by atoms with Gasteiger partial charge < -0.3 is 4.90 Å². The van der Waals surface area contributed by atoms with E-state index in [4.69, 9.17) is 11.6 Å². The highest BCUT2D eigenvalue weighted by molar-refractivity contribution is 7.89. The molecule has 0 atom stereocenters. The summed E-state index contributed by atoms with van der Waals surface area (Å²) in [5.74, 6) is -0.286. The second kappa shape index (κ2) is 8.69.